The average Bonchev–Trinajstić information content (AvgIpc) is 2.55. The number of unbranched alkanes of at least 4 members (excludes halogenated alkanes) is 1. The van der Waals surface area contributed by atoms with E-state index >= 15 is 0 Å². The van der Waals surface area contributed by atoms with Crippen LogP contribution in [-0.2, 0) is 0 Å². The van der Waals surface area contributed by atoms with Crippen LogP contribution in [0, 0.1) is 0 Å². The molecule has 13 heavy (non-hydrogen) atoms. The van der Waals surface area contributed by atoms with E-state index in [1.807, 2.05) is 21.6 Å². The standard InChI is InChI=1S/C8H16N2OS2/c9-8(11)10-5-2-1-3-7-4-6-12-13-7/h7H,1-6H2,(H3,9,10,11). The van der Waals surface area contributed by atoms with Crippen molar-refractivity contribution >= 4 is 27.6 Å². The summed E-state index contributed by atoms with van der Waals surface area (Å²) >= 11 is 0. The van der Waals surface area contributed by atoms with Gasteiger partial charge in [-0.1, -0.05) is 28.0 Å². The number of rotatable bonds is 5. The van der Waals surface area contributed by atoms with Crippen LogP contribution in [0.2, 0.25) is 0 Å². The molecule has 0 aromatic carbocycles. The molecule has 5 heteroatoms. The van der Waals surface area contributed by atoms with Crippen molar-refractivity contribution in [3.05, 3.63) is 0 Å². The zero-order valence-corrected chi connectivity index (χ0v) is 9.26. The van der Waals surface area contributed by atoms with Crippen molar-refractivity contribution < 1.29 is 4.79 Å². The molecular weight excluding hydrogens is 204 g/mol. The summed E-state index contributed by atoms with van der Waals surface area (Å²) in [5, 5.41) is 3.44. The molecule has 0 radical (unpaired) electrons. The molecule has 1 unspecified atom stereocenters. The van der Waals surface area contributed by atoms with Gasteiger partial charge in [0.05, 0.1) is 0 Å². The van der Waals surface area contributed by atoms with Crippen LogP contribution in [0.3, 0.4) is 0 Å². The van der Waals surface area contributed by atoms with E-state index in [1.165, 1.54) is 25.0 Å². The fourth-order valence-electron chi connectivity index (χ4n) is 1.27. The maximum atomic E-state index is 10.3. The quantitative estimate of drug-likeness (QED) is 0.550. The number of carbonyl (C=O) groups is 1. The Balaban J connectivity index is 1.86. The molecule has 3 nitrogen and oxygen atoms in total. The van der Waals surface area contributed by atoms with Gasteiger partial charge in [0.1, 0.15) is 0 Å². The molecule has 1 fully saturated rings. The predicted octanol–water partition coefficient (Wildman–Crippen LogP) is 1.98. The van der Waals surface area contributed by atoms with E-state index in [1.54, 1.807) is 0 Å². The summed E-state index contributed by atoms with van der Waals surface area (Å²) in [6, 6.07) is -0.411. The summed E-state index contributed by atoms with van der Waals surface area (Å²) in [4.78, 5) is 10.3. The lowest BCUT2D eigenvalue weighted by molar-refractivity contribution is 0.248. The number of amides is 2. The van der Waals surface area contributed by atoms with Gasteiger partial charge in [0.25, 0.3) is 0 Å². The number of nitrogens with two attached hydrogens (primary N) is 1. The van der Waals surface area contributed by atoms with Crippen molar-refractivity contribution in [2.45, 2.75) is 30.9 Å². The second-order valence-electron chi connectivity index (χ2n) is 3.12. The molecule has 0 bridgehead atoms. The summed E-state index contributed by atoms with van der Waals surface area (Å²) < 4.78 is 0. The number of carbonyl (C=O) groups excluding carboxylic acids is 1. The minimum Gasteiger partial charge on any atom is -0.352 e. The van der Waals surface area contributed by atoms with Crippen LogP contribution in [0.5, 0.6) is 0 Å². The molecule has 1 rings (SSSR count). The van der Waals surface area contributed by atoms with Crippen molar-refractivity contribution in [1.82, 2.24) is 5.32 Å². The maximum absolute atomic E-state index is 10.3. The Morgan fingerprint density at radius 2 is 2.38 bits per heavy atom. The van der Waals surface area contributed by atoms with Gasteiger partial charge in [-0.15, -0.1) is 0 Å². The van der Waals surface area contributed by atoms with E-state index in [2.05, 4.69) is 5.32 Å². The molecule has 2 amide bonds. The molecule has 1 aliphatic rings. The summed E-state index contributed by atoms with van der Waals surface area (Å²) in [5.74, 6) is 1.30. The molecule has 1 saturated heterocycles. The van der Waals surface area contributed by atoms with Crippen molar-refractivity contribution in [3.63, 3.8) is 0 Å². The van der Waals surface area contributed by atoms with Gasteiger partial charge in [0.15, 0.2) is 0 Å². The smallest absolute Gasteiger partial charge is 0.312 e. The second kappa shape index (κ2) is 6.43. The average molecular weight is 220 g/mol. The van der Waals surface area contributed by atoms with Crippen molar-refractivity contribution in [2.24, 2.45) is 5.73 Å². The second-order valence-corrected chi connectivity index (χ2v) is 5.90. The highest BCUT2D eigenvalue weighted by molar-refractivity contribution is 8.77. The lowest BCUT2D eigenvalue weighted by atomic mass is 10.1. The molecule has 1 heterocycles. The molecular formula is C8H16N2OS2. The highest BCUT2D eigenvalue weighted by Crippen LogP contribution is 2.39. The molecule has 3 N–H and O–H groups in total. The number of hydrogen-bond acceptors (Lipinski definition) is 3. The Morgan fingerprint density at radius 1 is 1.54 bits per heavy atom. The zero-order valence-electron chi connectivity index (χ0n) is 7.62. The molecule has 0 aliphatic carbocycles. The third-order valence-corrected chi connectivity index (χ3v) is 4.99. The van der Waals surface area contributed by atoms with Crippen molar-refractivity contribution in [3.8, 4) is 0 Å². The largest absolute Gasteiger partial charge is 0.352 e. The van der Waals surface area contributed by atoms with Gasteiger partial charge in [0, 0.05) is 17.5 Å². The molecule has 1 atom stereocenters. The Morgan fingerprint density at radius 3 is 3.00 bits per heavy atom. The van der Waals surface area contributed by atoms with Crippen LogP contribution < -0.4 is 11.1 Å². The maximum Gasteiger partial charge on any atom is 0.312 e. The van der Waals surface area contributed by atoms with Crippen LogP contribution >= 0.6 is 21.6 Å². The van der Waals surface area contributed by atoms with Gasteiger partial charge < -0.3 is 11.1 Å². The summed E-state index contributed by atoms with van der Waals surface area (Å²) in [6.07, 6.45) is 4.86. The van der Waals surface area contributed by atoms with Crippen LogP contribution in [0.15, 0.2) is 0 Å². The first-order valence-electron chi connectivity index (χ1n) is 4.60. The van der Waals surface area contributed by atoms with E-state index in [-0.39, 0.29) is 0 Å². The topological polar surface area (TPSA) is 55.1 Å². The van der Waals surface area contributed by atoms with Gasteiger partial charge >= 0.3 is 6.03 Å². The third kappa shape index (κ3) is 5.31. The molecule has 0 aromatic rings. The molecule has 0 saturated carbocycles. The first-order valence-corrected chi connectivity index (χ1v) is 6.99. The normalized spacial score (nSPS) is 21.7. The molecule has 0 aromatic heterocycles. The molecule has 1 aliphatic heterocycles. The molecule has 0 spiro atoms. The lowest BCUT2D eigenvalue weighted by Gasteiger charge is -2.06. The van der Waals surface area contributed by atoms with Gasteiger partial charge in [-0.2, -0.15) is 0 Å². The SMILES string of the molecule is NC(=O)NCCCCC1CCSS1. The lowest BCUT2D eigenvalue weighted by Crippen LogP contribution is -2.30. The Kier molecular flexibility index (Phi) is 5.46. The fourth-order valence-corrected chi connectivity index (χ4v) is 4.30. The minimum absolute atomic E-state index is 0.411. The van der Waals surface area contributed by atoms with Gasteiger partial charge in [0.2, 0.25) is 0 Å². The van der Waals surface area contributed by atoms with Crippen LogP contribution in [0.1, 0.15) is 25.7 Å². The highest BCUT2D eigenvalue weighted by atomic mass is 33.1. The monoisotopic (exact) mass is 220 g/mol. The van der Waals surface area contributed by atoms with E-state index < -0.39 is 6.03 Å². The minimum atomic E-state index is -0.411. The highest BCUT2D eigenvalue weighted by Gasteiger charge is 2.15. The van der Waals surface area contributed by atoms with E-state index in [0.717, 1.165) is 18.2 Å². The summed E-state index contributed by atoms with van der Waals surface area (Å²) in [7, 11) is 3.99. The number of primary amides is 1. The predicted molar refractivity (Wildman–Crippen MR) is 59.9 cm³/mol. The Hall–Kier alpha value is -0.0300. The van der Waals surface area contributed by atoms with E-state index in [4.69, 9.17) is 5.73 Å². The summed E-state index contributed by atoms with van der Waals surface area (Å²) in [6.45, 7) is 0.722. The van der Waals surface area contributed by atoms with E-state index in [9.17, 15) is 4.79 Å². The number of hydrogen-bond donors (Lipinski definition) is 2. The summed E-state index contributed by atoms with van der Waals surface area (Å²) in [5.41, 5.74) is 4.94. The van der Waals surface area contributed by atoms with Crippen molar-refractivity contribution in [1.29, 1.82) is 0 Å². The van der Waals surface area contributed by atoms with Gasteiger partial charge in [-0.25, -0.2) is 4.79 Å². The van der Waals surface area contributed by atoms with Crippen LogP contribution in [0.25, 0.3) is 0 Å². The van der Waals surface area contributed by atoms with E-state index in [0.29, 0.717) is 0 Å². The number of urea groups is 1. The molecule has 76 valence electrons. The van der Waals surface area contributed by atoms with Crippen LogP contribution in [-0.4, -0.2) is 23.6 Å². The van der Waals surface area contributed by atoms with Gasteiger partial charge in [-0.3, -0.25) is 0 Å². The first-order chi connectivity index (χ1) is 6.29. The fraction of sp³-hybridized carbons (Fsp3) is 0.875. The first kappa shape index (κ1) is 11.0. The Bertz CT molecular complexity index is 160. The van der Waals surface area contributed by atoms with Gasteiger partial charge in [-0.05, 0) is 19.3 Å². The third-order valence-electron chi connectivity index (χ3n) is 1.98. The number of nitrogens with one attached hydrogen (secondary N) is 1. The Labute approximate surface area is 87.0 Å². The van der Waals surface area contributed by atoms with Crippen LogP contribution in [0.4, 0.5) is 4.79 Å². The zero-order chi connectivity index (χ0) is 9.52. The van der Waals surface area contributed by atoms with Crippen molar-refractivity contribution in [2.75, 3.05) is 12.3 Å².